The van der Waals surface area contributed by atoms with E-state index in [1.54, 1.807) is 56.8 Å². The van der Waals surface area contributed by atoms with Crippen LogP contribution in [0.3, 0.4) is 0 Å². The molecule has 0 aliphatic carbocycles. The summed E-state index contributed by atoms with van der Waals surface area (Å²) in [4.78, 5) is 21.8. The molecule has 4 aromatic rings. The number of ether oxygens (including phenoxy) is 2. The average molecular weight is 561 g/mol. The first kappa shape index (κ1) is 27.4. The van der Waals surface area contributed by atoms with E-state index in [9.17, 15) is 13.2 Å². The maximum absolute atomic E-state index is 13.3. The lowest BCUT2D eigenvalue weighted by Gasteiger charge is -2.23. The summed E-state index contributed by atoms with van der Waals surface area (Å²) in [6.45, 7) is 3.44. The Morgan fingerprint density at radius 3 is 2.30 bits per heavy atom. The second-order valence-corrected chi connectivity index (χ2v) is 11.2. The molecule has 1 aliphatic rings. The van der Waals surface area contributed by atoms with Crippen LogP contribution in [-0.2, 0) is 16.6 Å². The lowest BCUT2D eigenvalue weighted by Crippen LogP contribution is -2.35. The average Bonchev–Trinajstić information content (AvgIpc) is 3.22. The van der Waals surface area contributed by atoms with E-state index < -0.39 is 10.0 Å². The van der Waals surface area contributed by atoms with Gasteiger partial charge in [-0.3, -0.25) is 19.4 Å². The van der Waals surface area contributed by atoms with Gasteiger partial charge in [0.2, 0.25) is 0 Å². The van der Waals surface area contributed by atoms with Gasteiger partial charge in [0, 0.05) is 55.6 Å². The van der Waals surface area contributed by atoms with Gasteiger partial charge >= 0.3 is 0 Å². The highest BCUT2D eigenvalue weighted by molar-refractivity contribution is 7.93. The van der Waals surface area contributed by atoms with E-state index in [-0.39, 0.29) is 10.8 Å². The van der Waals surface area contributed by atoms with Crippen LogP contribution in [0.15, 0.2) is 83.9 Å². The second-order valence-electron chi connectivity index (χ2n) is 9.58. The Balaban J connectivity index is 1.24. The van der Waals surface area contributed by atoms with Crippen molar-refractivity contribution in [3.63, 3.8) is 0 Å². The quantitative estimate of drug-likeness (QED) is 0.341. The molecule has 0 saturated carbocycles. The molecule has 1 saturated heterocycles. The summed E-state index contributed by atoms with van der Waals surface area (Å²) in [5.74, 6) is 1.48. The van der Waals surface area contributed by atoms with E-state index in [0.717, 1.165) is 35.4 Å². The monoisotopic (exact) mass is 560 g/mol. The Bertz CT molecular complexity index is 1580. The number of amides is 1. The highest BCUT2D eigenvalue weighted by atomic mass is 32.2. The van der Waals surface area contributed by atoms with Crippen LogP contribution in [0.25, 0.3) is 10.9 Å². The minimum absolute atomic E-state index is 0.0793. The van der Waals surface area contributed by atoms with Crippen LogP contribution in [0.1, 0.15) is 22.3 Å². The van der Waals surface area contributed by atoms with Gasteiger partial charge in [-0.1, -0.05) is 24.3 Å². The van der Waals surface area contributed by atoms with Crippen LogP contribution in [0, 0.1) is 0 Å². The van der Waals surface area contributed by atoms with Gasteiger partial charge < -0.3 is 14.4 Å². The number of methoxy groups -OCH3 is 2. The predicted octanol–water partition coefficient (Wildman–Crippen LogP) is 4.40. The molecule has 0 radical (unpaired) electrons. The van der Waals surface area contributed by atoms with E-state index in [4.69, 9.17) is 9.47 Å². The Morgan fingerprint density at radius 2 is 1.57 bits per heavy atom. The summed E-state index contributed by atoms with van der Waals surface area (Å²) in [7, 11) is -0.570. The zero-order valence-electron chi connectivity index (χ0n) is 22.5. The van der Waals surface area contributed by atoms with Gasteiger partial charge in [-0.15, -0.1) is 0 Å². The van der Waals surface area contributed by atoms with Crippen molar-refractivity contribution >= 4 is 32.5 Å². The molecule has 3 aromatic carbocycles. The van der Waals surface area contributed by atoms with Gasteiger partial charge in [0.1, 0.15) is 16.4 Å². The fourth-order valence-corrected chi connectivity index (χ4v) is 6.25. The molecule has 1 fully saturated rings. The van der Waals surface area contributed by atoms with Gasteiger partial charge in [-0.05, 0) is 55.0 Å². The van der Waals surface area contributed by atoms with Crippen LogP contribution in [0.4, 0.5) is 5.69 Å². The van der Waals surface area contributed by atoms with E-state index in [0.29, 0.717) is 42.9 Å². The number of para-hydroxylation sites is 1. The highest BCUT2D eigenvalue weighted by Crippen LogP contribution is 2.30. The van der Waals surface area contributed by atoms with Crippen molar-refractivity contribution in [3.8, 4) is 11.5 Å². The minimum Gasteiger partial charge on any atom is -0.496 e. The molecular weight excluding hydrogens is 528 g/mol. The van der Waals surface area contributed by atoms with E-state index in [1.807, 2.05) is 35.2 Å². The first-order valence-corrected chi connectivity index (χ1v) is 14.6. The molecule has 0 bridgehead atoms. The molecule has 10 heteroatoms. The van der Waals surface area contributed by atoms with E-state index in [2.05, 4.69) is 14.6 Å². The number of nitrogens with one attached hydrogen (secondary N) is 1. The summed E-state index contributed by atoms with van der Waals surface area (Å²) in [6.07, 6.45) is 2.40. The second kappa shape index (κ2) is 11.9. The van der Waals surface area contributed by atoms with Crippen LogP contribution in [0.2, 0.25) is 0 Å². The third-order valence-electron chi connectivity index (χ3n) is 7.06. The molecule has 1 amide bonds. The molecule has 1 aromatic heterocycles. The Hall–Kier alpha value is -4.15. The number of pyridine rings is 1. The molecule has 1 N–H and O–H groups in total. The third-order valence-corrected chi connectivity index (χ3v) is 8.47. The first-order chi connectivity index (χ1) is 19.4. The van der Waals surface area contributed by atoms with Gasteiger partial charge in [-0.2, -0.15) is 0 Å². The van der Waals surface area contributed by atoms with E-state index >= 15 is 0 Å². The number of sulfonamides is 1. The smallest absolute Gasteiger partial charge is 0.264 e. The molecule has 1 aliphatic heterocycles. The zero-order valence-corrected chi connectivity index (χ0v) is 23.4. The molecule has 208 valence electrons. The summed E-state index contributed by atoms with van der Waals surface area (Å²) in [5, 5.41) is 0.740. The summed E-state index contributed by atoms with van der Waals surface area (Å²) >= 11 is 0. The standard InChI is InChI=1S/C30H32N4O5S/c1-38-26-9-4-10-27(39-2)25(26)21-33-17-6-18-34(20-19-33)30(35)23-12-14-24(15-13-23)32-40(36,37)28-11-3-7-22-8-5-16-31-29(22)28/h3-5,7-16,32H,6,17-21H2,1-2H3. The number of anilines is 1. The minimum atomic E-state index is -3.87. The van der Waals surface area contributed by atoms with Crippen LogP contribution < -0.4 is 14.2 Å². The maximum Gasteiger partial charge on any atom is 0.264 e. The number of rotatable bonds is 8. The number of aromatic nitrogens is 1. The number of hydrogen-bond donors (Lipinski definition) is 1. The van der Waals surface area contributed by atoms with Crippen molar-refractivity contribution in [1.29, 1.82) is 0 Å². The van der Waals surface area contributed by atoms with Crippen molar-refractivity contribution in [2.75, 3.05) is 45.1 Å². The Kier molecular flexibility index (Phi) is 8.18. The topological polar surface area (TPSA) is 101 Å². The third kappa shape index (κ3) is 5.88. The summed E-state index contributed by atoms with van der Waals surface area (Å²) in [6, 6.07) is 20.9. The SMILES string of the molecule is COc1cccc(OC)c1CN1CCCN(C(=O)c2ccc(NS(=O)(=O)c3cccc4cccnc34)cc2)CC1. The molecule has 5 rings (SSSR count). The van der Waals surface area contributed by atoms with Crippen LogP contribution in [0.5, 0.6) is 11.5 Å². The lowest BCUT2D eigenvalue weighted by molar-refractivity contribution is 0.0761. The maximum atomic E-state index is 13.3. The predicted molar refractivity (Wildman–Crippen MR) is 154 cm³/mol. The number of hydrogen-bond acceptors (Lipinski definition) is 7. The lowest BCUT2D eigenvalue weighted by atomic mass is 10.1. The first-order valence-electron chi connectivity index (χ1n) is 13.1. The zero-order chi connectivity index (χ0) is 28.1. The number of carbonyl (C=O) groups excluding carboxylic acids is 1. The fourth-order valence-electron chi connectivity index (χ4n) is 5.01. The van der Waals surface area contributed by atoms with Gasteiger partial charge in [0.25, 0.3) is 15.9 Å². The van der Waals surface area contributed by atoms with Gasteiger partial charge in [0.05, 0.1) is 25.3 Å². The molecule has 0 spiro atoms. The van der Waals surface area contributed by atoms with Gasteiger partial charge in [-0.25, -0.2) is 8.42 Å². The van der Waals surface area contributed by atoms with Crippen molar-refractivity contribution in [1.82, 2.24) is 14.8 Å². The number of fused-ring (bicyclic) bond motifs is 1. The summed E-state index contributed by atoms with van der Waals surface area (Å²) < 4.78 is 39.9. The van der Waals surface area contributed by atoms with Crippen molar-refractivity contribution in [3.05, 3.63) is 90.1 Å². The van der Waals surface area contributed by atoms with E-state index in [1.165, 1.54) is 6.07 Å². The number of benzene rings is 3. The van der Waals surface area contributed by atoms with Crippen molar-refractivity contribution in [2.45, 2.75) is 17.9 Å². The Morgan fingerprint density at radius 1 is 0.875 bits per heavy atom. The molecule has 0 atom stereocenters. The molecule has 0 unspecified atom stereocenters. The fraction of sp³-hybridized carbons (Fsp3) is 0.267. The number of nitrogens with zero attached hydrogens (tertiary/aromatic N) is 3. The molecule has 2 heterocycles. The van der Waals surface area contributed by atoms with Crippen molar-refractivity contribution in [2.24, 2.45) is 0 Å². The number of carbonyl (C=O) groups is 1. The van der Waals surface area contributed by atoms with Crippen molar-refractivity contribution < 1.29 is 22.7 Å². The molecule has 9 nitrogen and oxygen atoms in total. The summed E-state index contributed by atoms with van der Waals surface area (Å²) in [5.41, 5.74) is 2.28. The largest absolute Gasteiger partial charge is 0.496 e. The molecular formula is C30H32N4O5S. The van der Waals surface area contributed by atoms with Crippen LogP contribution in [-0.4, -0.2) is 69.5 Å². The van der Waals surface area contributed by atoms with Gasteiger partial charge in [0.15, 0.2) is 0 Å². The molecule has 40 heavy (non-hydrogen) atoms. The highest BCUT2D eigenvalue weighted by Gasteiger charge is 2.23. The van der Waals surface area contributed by atoms with Crippen LogP contribution >= 0.6 is 0 Å². The Labute approximate surface area is 234 Å². The normalized spacial score (nSPS) is 14.5.